The van der Waals surface area contributed by atoms with Gasteiger partial charge < -0.3 is 11.1 Å². The predicted molar refractivity (Wildman–Crippen MR) is 95.7 cm³/mol. The lowest BCUT2D eigenvalue weighted by Gasteiger charge is -2.15. The average Bonchev–Trinajstić information content (AvgIpc) is 2.55. The molecule has 3 N–H and O–H groups in total. The normalized spacial score (nSPS) is 12.3. The maximum absolute atomic E-state index is 12.3. The Labute approximate surface area is 138 Å². The highest BCUT2D eigenvalue weighted by atomic mass is 16.1. The van der Waals surface area contributed by atoms with E-state index in [9.17, 15) is 4.79 Å². The molecule has 1 amide bonds. The summed E-state index contributed by atoms with van der Waals surface area (Å²) in [5.41, 5.74) is 11.4. The molecule has 0 aromatic heterocycles. The van der Waals surface area contributed by atoms with Crippen LogP contribution >= 0.6 is 0 Å². The van der Waals surface area contributed by atoms with E-state index in [-0.39, 0.29) is 11.9 Å². The molecule has 122 valence electrons. The second-order valence-corrected chi connectivity index (χ2v) is 6.39. The fourth-order valence-corrected chi connectivity index (χ4v) is 2.54. The van der Waals surface area contributed by atoms with Crippen molar-refractivity contribution in [2.75, 3.05) is 6.54 Å². The SMILES string of the molecule is Cc1cccc(C(=O)NCC(N)c2ccc(C(C)C)cc2)c1C. The van der Waals surface area contributed by atoms with Gasteiger partial charge in [0.05, 0.1) is 0 Å². The molecule has 2 rings (SSSR count). The molecule has 1 atom stereocenters. The summed E-state index contributed by atoms with van der Waals surface area (Å²) < 4.78 is 0. The number of hydrogen-bond acceptors (Lipinski definition) is 2. The third-order valence-corrected chi connectivity index (χ3v) is 4.36. The molecule has 0 spiro atoms. The minimum Gasteiger partial charge on any atom is -0.350 e. The van der Waals surface area contributed by atoms with Gasteiger partial charge in [0.2, 0.25) is 0 Å². The third kappa shape index (κ3) is 4.20. The maximum atomic E-state index is 12.3. The summed E-state index contributed by atoms with van der Waals surface area (Å²) in [7, 11) is 0. The third-order valence-electron chi connectivity index (χ3n) is 4.36. The number of aryl methyl sites for hydroxylation is 1. The second kappa shape index (κ2) is 7.42. The number of nitrogens with two attached hydrogens (primary N) is 1. The van der Waals surface area contributed by atoms with Crippen LogP contribution in [0.1, 0.15) is 58.4 Å². The van der Waals surface area contributed by atoms with Crippen LogP contribution in [0.3, 0.4) is 0 Å². The first-order valence-corrected chi connectivity index (χ1v) is 8.10. The van der Waals surface area contributed by atoms with Crippen LogP contribution in [0.15, 0.2) is 42.5 Å². The van der Waals surface area contributed by atoms with Gasteiger partial charge in [-0.15, -0.1) is 0 Å². The largest absolute Gasteiger partial charge is 0.350 e. The van der Waals surface area contributed by atoms with Gasteiger partial charge in [-0.25, -0.2) is 0 Å². The molecule has 2 aromatic rings. The molecule has 0 fully saturated rings. The van der Waals surface area contributed by atoms with Gasteiger partial charge in [0.1, 0.15) is 0 Å². The highest BCUT2D eigenvalue weighted by Gasteiger charge is 2.12. The summed E-state index contributed by atoms with van der Waals surface area (Å²) in [6.07, 6.45) is 0. The summed E-state index contributed by atoms with van der Waals surface area (Å²) in [4.78, 5) is 12.3. The van der Waals surface area contributed by atoms with E-state index in [2.05, 4.69) is 31.3 Å². The number of nitrogens with one attached hydrogen (secondary N) is 1. The number of hydrogen-bond donors (Lipinski definition) is 2. The van der Waals surface area contributed by atoms with E-state index in [1.807, 2.05) is 44.2 Å². The lowest BCUT2D eigenvalue weighted by atomic mass is 9.99. The van der Waals surface area contributed by atoms with Crippen molar-refractivity contribution in [2.24, 2.45) is 5.73 Å². The standard InChI is InChI=1S/C20H26N2O/c1-13(2)16-8-10-17(11-9-16)19(21)12-22-20(23)18-7-5-6-14(3)15(18)4/h5-11,13,19H,12,21H2,1-4H3,(H,22,23). The first-order valence-electron chi connectivity index (χ1n) is 8.10. The molecule has 0 aliphatic heterocycles. The van der Waals surface area contributed by atoms with Gasteiger partial charge >= 0.3 is 0 Å². The van der Waals surface area contributed by atoms with Crippen LogP contribution in [0.2, 0.25) is 0 Å². The van der Waals surface area contributed by atoms with Crippen molar-refractivity contribution in [2.45, 2.75) is 39.7 Å². The molecule has 3 heteroatoms. The molecular weight excluding hydrogens is 284 g/mol. The highest BCUT2D eigenvalue weighted by Crippen LogP contribution is 2.18. The number of benzene rings is 2. The van der Waals surface area contributed by atoms with E-state index in [0.29, 0.717) is 18.0 Å². The number of carbonyl (C=O) groups is 1. The smallest absolute Gasteiger partial charge is 0.251 e. The van der Waals surface area contributed by atoms with Crippen LogP contribution in [0.4, 0.5) is 0 Å². The Morgan fingerprint density at radius 1 is 1.04 bits per heavy atom. The minimum atomic E-state index is -0.203. The Bertz CT molecular complexity index is 675. The molecule has 0 heterocycles. The van der Waals surface area contributed by atoms with Gasteiger partial charge in [-0.1, -0.05) is 50.2 Å². The number of rotatable bonds is 5. The monoisotopic (exact) mass is 310 g/mol. The number of carbonyl (C=O) groups excluding carboxylic acids is 1. The van der Waals surface area contributed by atoms with Crippen molar-refractivity contribution in [3.8, 4) is 0 Å². The van der Waals surface area contributed by atoms with Gasteiger partial charge in [0.25, 0.3) is 5.91 Å². The zero-order chi connectivity index (χ0) is 17.0. The van der Waals surface area contributed by atoms with Crippen molar-refractivity contribution in [1.82, 2.24) is 5.32 Å². The zero-order valence-electron chi connectivity index (χ0n) is 14.4. The van der Waals surface area contributed by atoms with Crippen LogP contribution in [-0.4, -0.2) is 12.5 Å². The van der Waals surface area contributed by atoms with Crippen molar-refractivity contribution in [3.05, 3.63) is 70.3 Å². The average molecular weight is 310 g/mol. The molecule has 0 aliphatic carbocycles. The van der Waals surface area contributed by atoms with E-state index in [0.717, 1.165) is 16.7 Å². The summed E-state index contributed by atoms with van der Waals surface area (Å²) in [5.74, 6) is 0.435. The Kier molecular flexibility index (Phi) is 5.56. The van der Waals surface area contributed by atoms with E-state index >= 15 is 0 Å². The molecule has 3 nitrogen and oxygen atoms in total. The Hall–Kier alpha value is -2.13. The molecule has 0 saturated heterocycles. The van der Waals surface area contributed by atoms with E-state index in [4.69, 9.17) is 5.73 Å². The fourth-order valence-electron chi connectivity index (χ4n) is 2.54. The maximum Gasteiger partial charge on any atom is 0.251 e. The van der Waals surface area contributed by atoms with Crippen molar-refractivity contribution in [3.63, 3.8) is 0 Å². The van der Waals surface area contributed by atoms with Crippen LogP contribution in [0.5, 0.6) is 0 Å². The Balaban J connectivity index is 1.99. The molecular formula is C20H26N2O. The van der Waals surface area contributed by atoms with E-state index < -0.39 is 0 Å². The molecule has 0 aliphatic rings. The predicted octanol–water partition coefficient (Wildman–Crippen LogP) is 3.86. The fraction of sp³-hybridized carbons (Fsp3) is 0.350. The molecule has 2 aromatic carbocycles. The van der Waals surface area contributed by atoms with Gasteiger partial charge in [0.15, 0.2) is 0 Å². The van der Waals surface area contributed by atoms with Crippen LogP contribution in [0.25, 0.3) is 0 Å². The summed E-state index contributed by atoms with van der Waals surface area (Å²) in [6, 6.07) is 13.9. The first-order chi connectivity index (χ1) is 10.9. The van der Waals surface area contributed by atoms with E-state index in [1.165, 1.54) is 5.56 Å². The minimum absolute atomic E-state index is 0.0690. The van der Waals surface area contributed by atoms with Crippen molar-refractivity contribution in [1.29, 1.82) is 0 Å². The lowest BCUT2D eigenvalue weighted by Crippen LogP contribution is -2.32. The van der Waals surface area contributed by atoms with Gasteiger partial charge in [-0.2, -0.15) is 0 Å². The first kappa shape index (κ1) is 17.2. The summed E-state index contributed by atoms with van der Waals surface area (Å²) in [5, 5.41) is 2.94. The Morgan fingerprint density at radius 2 is 1.65 bits per heavy atom. The zero-order valence-corrected chi connectivity index (χ0v) is 14.4. The van der Waals surface area contributed by atoms with Crippen LogP contribution in [0, 0.1) is 13.8 Å². The lowest BCUT2D eigenvalue weighted by molar-refractivity contribution is 0.0950. The Morgan fingerprint density at radius 3 is 2.26 bits per heavy atom. The second-order valence-electron chi connectivity index (χ2n) is 6.39. The molecule has 0 radical (unpaired) electrons. The van der Waals surface area contributed by atoms with Gasteiger partial charge in [-0.3, -0.25) is 4.79 Å². The quantitative estimate of drug-likeness (QED) is 0.881. The van der Waals surface area contributed by atoms with Crippen LogP contribution in [-0.2, 0) is 0 Å². The highest BCUT2D eigenvalue weighted by molar-refractivity contribution is 5.95. The topological polar surface area (TPSA) is 55.1 Å². The van der Waals surface area contributed by atoms with Gasteiger partial charge in [0, 0.05) is 18.2 Å². The van der Waals surface area contributed by atoms with Crippen LogP contribution < -0.4 is 11.1 Å². The molecule has 0 saturated carbocycles. The van der Waals surface area contributed by atoms with Crippen molar-refractivity contribution < 1.29 is 4.79 Å². The summed E-state index contributed by atoms with van der Waals surface area (Å²) in [6.45, 7) is 8.73. The molecule has 23 heavy (non-hydrogen) atoms. The van der Waals surface area contributed by atoms with Crippen molar-refractivity contribution >= 4 is 5.91 Å². The summed E-state index contributed by atoms with van der Waals surface area (Å²) >= 11 is 0. The molecule has 0 bridgehead atoms. The molecule has 1 unspecified atom stereocenters. The van der Waals surface area contributed by atoms with E-state index in [1.54, 1.807) is 0 Å². The van der Waals surface area contributed by atoms with Gasteiger partial charge in [-0.05, 0) is 48.1 Å². The number of amides is 1.